The fourth-order valence-corrected chi connectivity index (χ4v) is 4.11. The average Bonchev–Trinajstić information content (AvgIpc) is 2.54. The fourth-order valence-electron chi connectivity index (χ4n) is 2.65. The highest BCUT2D eigenvalue weighted by molar-refractivity contribution is 7.91. The van der Waals surface area contributed by atoms with Crippen LogP contribution in [0.5, 0.6) is 11.5 Å². The van der Waals surface area contributed by atoms with Gasteiger partial charge in [0.1, 0.15) is 17.1 Å². The third-order valence-electron chi connectivity index (χ3n) is 3.70. The van der Waals surface area contributed by atoms with Gasteiger partial charge < -0.3 is 9.84 Å². The normalized spacial score (nSPS) is 12.3. The molecule has 5 heteroatoms. The summed E-state index contributed by atoms with van der Waals surface area (Å²) in [6.07, 6.45) is 0. The zero-order valence-electron chi connectivity index (χ0n) is 14.4. The second kappa shape index (κ2) is 6.08. The van der Waals surface area contributed by atoms with Crippen molar-refractivity contribution < 1.29 is 18.3 Å². The second-order valence-electron chi connectivity index (χ2n) is 6.82. The van der Waals surface area contributed by atoms with Crippen molar-refractivity contribution in [3.63, 3.8) is 0 Å². The molecule has 3 aromatic rings. The van der Waals surface area contributed by atoms with Gasteiger partial charge in [-0.25, -0.2) is 8.42 Å². The minimum atomic E-state index is -3.71. The lowest BCUT2D eigenvalue weighted by molar-refractivity contribution is 0.133. The molecule has 0 aliphatic carbocycles. The van der Waals surface area contributed by atoms with Crippen molar-refractivity contribution in [2.45, 2.75) is 36.2 Å². The van der Waals surface area contributed by atoms with E-state index >= 15 is 0 Å². The van der Waals surface area contributed by atoms with E-state index in [0.717, 1.165) is 5.39 Å². The van der Waals surface area contributed by atoms with Crippen LogP contribution in [0.2, 0.25) is 0 Å². The maximum atomic E-state index is 13.0. The molecule has 25 heavy (non-hydrogen) atoms. The molecule has 130 valence electrons. The quantitative estimate of drug-likeness (QED) is 0.747. The zero-order valence-corrected chi connectivity index (χ0v) is 15.2. The van der Waals surface area contributed by atoms with Gasteiger partial charge in [0.15, 0.2) is 0 Å². The highest BCUT2D eigenvalue weighted by atomic mass is 32.2. The van der Waals surface area contributed by atoms with Crippen molar-refractivity contribution in [3.8, 4) is 11.5 Å². The van der Waals surface area contributed by atoms with E-state index in [1.54, 1.807) is 24.3 Å². The summed E-state index contributed by atoms with van der Waals surface area (Å²) in [5.41, 5.74) is -0.389. The fraction of sp³-hybridized carbons (Fsp3) is 0.200. The number of hydrogen-bond acceptors (Lipinski definition) is 4. The molecule has 0 bridgehead atoms. The number of rotatable bonds is 3. The van der Waals surface area contributed by atoms with Crippen molar-refractivity contribution in [2.24, 2.45) is 0 Å². The smallest absolute Gasteiger partial charge is 0.207 e. The van der Waals surface area contributed by atoms with Crippen molar-refractivity contribution in [3.05, 3.63) is 60.7 Å². The van der Waals surface area contributed by atoms with E-state index in [-0.39, 0.29) is 21.1 Å². The van der Waals surface area contributed by atoms with E-state index in [0.29, 0.717) is 11.1 Å². The molecule has 0 saturated carbocycles. The molecular formula is C20H20O4S. The van der Waals surface area contributed by atoms with Gasteiger partial charge in [0.2, 0.25) is 9.84 Å². The van der Waals surface area contributed by atoms with Gasteiger partial charge in [-0.2, -0.15) is 0 Å². The predicted octanol–water partition coefficient (Wildman–Crippen LogP) is 4.56. The van der Waals surface area contributed by atoms with Crippen LogP contribution in [0.1, 0.15) is 20.8 Å². The lowest BCUT2D eigenvalue weighted by Gasteiger charge is -2.23. The van der Waals surface area contributed by atoms with E-state index in [4.69, 9.17) is 4.74 Å². The molecule has 0 unspecified atom stereocenters. The molecule has 4 nitrogen and oxygen atoms in total. The number of sulfone groups is 1. The lowest BCUT2D eigenvalue weighted by Crippen LogP contribution is -2.23. The van der Waals surface area contributed by atoms with Crippen molar-refractivity contribution in [2.75, 3.05) is 0 Å². The lowest BCUT2D eigenvalue weighted by atomic mass is 10.1. The maximum absolute atomic E-state index is 13.0. The van der Waals surface area contributed by atoms with Crippen LogP contribution in [-0.2, 0) is 9.84 Å². The Hall–Kier alpha value is -2.53. The van der Waals surface area contributed by atoms with Gasteiger partial charge >= 0.3 is 0 Å². The van der Waals surface area contributed by atoms with E-state index in [2.05, 4.69) is 0 Å². The molecule has 0 spiro atoms. The Morgan fingerprint density at radius 2 is 1.44 bits per heavy atom. The maximum Gasteiger partial charge on any atom is 0.207 e. The van der Waals surface area contributed by atoms with Crippen molar-refractivity contribution >= 4 is 20.6 Å². The summed E-state index contributed by atoms with van der Waals surface area (Å²) >= 11 is 0. The molecule has 0 aliphatic heterocycles. The number of hydrogen-bond donors (Lipinski definition) is 1. The number of benzene rings is 3. The van der Waals surface area contributed by atoms with Gasteiger partial charge in [0.05, 0.1) is 9.79 Å². The van der Waals surface area contributed by atoms with Gasteiger partial charge in [0.25, 0.3) is 0 Å². The van der Waals surface area contributed by atoms with Crippen LogP contribution in [0.4, 0.5) is 0 Å². The molecule has 1 N–H and O–H groups in total. The Balaban J connectivity index is 2.21. The highest BCUT2D eigenvalue weighted by Gasteiger charge is 2.23. The molecule has 0 aromatic heterocycles. The van der Waals surface area contributed by atoms with Gasteiger partial charge in [-0.3, -0.25) is 0 Å². The Labute approximate surface area is 147 Å². The Morgan fingerprint density at radius 3 is 2.04 bits per heavy atom. The van der Waals surface area contributed by atoms with Gasteiger partial charge in [0, 0.05) is 10.8 Å². The predicted molar refractivity (Wildman–Crippen MR) is 97.9 cm³/mol. The number of ether oxygens (including phenoxy) is 1. The van der Waals surface area contributed by atoms with E-state index in [1.807, 2.05) is 32.9 Å². The summed E-state index contributed by atoms with van der Waals surface area (Å²) in [4.78, 5) is 0.356. The molecule has 0 atom stereocenters. The molecule has 0 radical (unpaired) electrons. The summed E-state index contributed by atoms with van der Waals surface area (Å²) in [6, 6.07) is 16.1. The summed E-state index contributed by atoms with van der Waals surface area (Å²) in [5, 5.41) is 10.8. The van der Waals surface area contributed by atoms with Crippen LogP contribution >= 0.6 is 0 Å². The first-order valence-corrected chi connectivity index (χ1v) is 9.42. The summed E-state index contributed by atoms with van der Waals surface area (Å²) < 4.78 is 32.0. The molecular weight excluding hydrogens is 336 g/mol. The third kappa shape index (κ3) is 3.46. The SMILES string of the molecule is CC(C)(C)Oc1ccc(S(=O)(=O)c2ccc(O)cc2)c2ccccc12. The highest BCUT2D eigenvalue weighted by Crippen LogP contribution is 2.35. The minimum absolute atomic E-state index is 0.0257. The largest absolute Gasteiger partial charge is 0.508 e. The Kier molecular flexibility index (Phi) is 4.21. The first kappa shape index (κ1) is 17.3. The molecule has 0 fully saturated rings. The van der Waals surface area contributed by atoms with Crippen LogP contribution in [0, 0.1) is 0 Å². The van der Waals surface area contributed by atoms with E-state index in [9.17, 15) is 13.5 Å². The molecule has 3 rings (SSSR count). The molecule has 3 aromatic carbocycles. The number of aromatic hydroxyl groups is 1. The third-order valence-corrected chi connectivity index (χ3v) is 5.52. The number of fused-ring (bicyclic) bond motifs is 1. The summed E-state index contributed by atoms with van der Waals surface area (Å²) in [7, 11) is -3.71. The van der Waals surface area contributed by atoms with Gasteiger partial charge in [-0.05, 0) is 57.2 Å². The van der Waals surface area contributed by atoms with Crippen LogP contribution in [0.15, 0.2) is 70.5 Å². The number of phenolic OH excluding ortho intramolecular Hbond substituents is 1. The molecule has 0 aliphatic rings. The van der Waals surface area contributed by atoms with Crippen LogP contribution < -0.4 is 4.74 Å². The van der Waals surface area contributed by atoms with Crippen LogP contribution in [0.3, 0.4) is 0 Å². The number of phenols is 1. The van der Waals surface area contributed by atoms with Gasteiger partial charge in [-0.15, -0.1) is 0 Å². The van der Waals surface area contributed by atoms with Crippen molar-refractivity contribution in [1.29, 1.82) is 0 Å². The standard InChI is InChI=1S/C20H20O4S/c1-20(2,3)24-18-12-13-19(17-7-5-4-6-16(17)18)25(22,23)15-10-8-14(21)9-11-15/h4-13,21H,1-3H3. The molecule has 0 saturated heterocycles. The van der Waals surface area contributed by atoms with Crippen LogP contribution in [0.25, 0.3) is 10.8 Å². The van der Waals surface area contributed by atoms with Crippen molar-refractivity contribution in [1.82, 2.24) is 0 Å². The molecule has 0 amide bonds. The first-order valence-electron chi connectivity index (χ1n) is 7.93. The monoisotopic (exact) mass is 356 g/mol. The Bertz CT molecular complexity index is 1010. The Morgan fingerprint density at radius 1 is 0.840 bits per heavy atom. The summed E-state index contributed by atoms with van der Waals surface area (Å²) in [6.45, 7) is 5.84. The molecule has 0 heterocycles. The van der Waals surface area contributed by atoms with E-state index in [1.165, 1.54) is 24.3 Å². The first-order chi connectivity index (χ1) is 11.7. The average molecular weight is 356 g/mol. The topological polar surface area (TPSA) is 63.6 Å². The minimum Gasteiger partial charge on any atom is -0.508 e. The summed E-state index contributed by atoms with van der Waals surface area (Å²) in [5.74, 6) is 0.672. The van der Waals surface area contributed by atoms with E-state index < -0.39 is 9.84 Å². The second-order valence-corrected chi connectivity index (χ2v) is 8.74. The van der Waals surface area contributed by atoms with Crippen LogP contribution in [-0.4, -0.2) is 19.1 Å². The van der Waals surface area contributed by atoms with Gasteiger partial charge in [-0.1, -0.05) is 24.3 Å². The zero-order chi connectivity index (χ0) is 18.2.